The van der Waals surface area contributed by atoms with E-state index in [0.717, 1.165) is 25.6 Å². The van der Waals surface area contributed by atoms with E-state index in [1.165, 1.54) is 25.7 Å². The molecule has 0 aromatic carbocycles. The van der Waals surface area contributed by atoms with Crippen molar-refractivity contribution in [3.63, 3.8) is 0 Å². The van der Waals surface area contributed by atoms with Crippen LogP contribution >= 0.6 is 0 Å². The largest absolute Gasteiger partial charge is 0.376 e. The van der Waals surface area contributed by atoms with Crippen molar-refractivity contribution < 1.29 is 4.74 Å². The van der Waals surface area contributed by atoms with Crippen LogP contribution in [0.2, 0.25) is 0 Å². The van der Waals surface area contributed by atoms with Gasteiger partial charge in [0.15, 0.2) is 0 Å². The Morgan fingerprint density at radius 2 is 1.80 bits per heavy atom. The highest BCUT2D eigenvalue weighted by atomic mass is 16.5. The van der Waals surface area contributed by atoms with Gasteiger partial charge in [0.2, 0.25) is 0 Å². The van der Waals surface area contributed by atoms with E-state index in [1.54, 1.807) is 0 Å². The summed E-state index contributed by atoms with van der Waals surface area (Å²) in [6.07, 6.45) is 5.48. The number of hydrogen-bond acceptors (Lipinski definition) is 3. The zero-order valence-corrected chi connectivity index (χ0v) is 14.1. The molecule has 0 bridgehead atoms. The topological polar surface area (TPSA) is 38.5 Å². The number of nitrogens with two attached hydrogens (primary N) is 1. The summed E-state index contributed by atoms with van der Waals surface area (Å²) in [4.78, 5) is 2.67. The SMILES string of the molecule is CC1CN(C2(CN)CCC(C(C)(C)C)CC2)C(C)CO1. The molecule has 1 aliphatic heterocycles. The summed E-state index contributed by atoms with van der Waals surface area (Å²) in [6.45, 7) is 14.3. The molecular weight excluding hydrogens is 248 g/mol. The fourth-order valence-corrected chi connectivity index (χ4v) is 4.19. The first-order valence-corrected chi connectivity index (χ1v) is 8.37. The van der Waals surface area contributed by atoms with Crippen LogP contribution in [0.5, 0.6) is 0 Å². The minimum absolute atomic E-state index is 0.221. The third-order valence-electron chi connectivity index (χ3n) is 5.74. The maximum Gasteiger partial charge on any atom is 0.0675 e. The van der Waals surface area contributed by atoms with Crippen molar-refractivity contribution in [3.05, 3.63) is 0 Å². The highest BCUT2D eigenvalue weighted by molar-refractivity contribution is 5.00. The van der Waals surface area contributed by atoms with Crippen molar-refractivity contribution in [2.45, 2.75) is 78.0 Å². The summed E-state index contributed by atoms with van der Waals surface area (Å²) in [7, 11) is 0. The number of nitrogens with zero attached hydrogens (tertiary/aromatic N) is 1. The summed E-state index contributed by atoms with van der Waals surface area (Å²) >= 11 is 0. The lowest BCUT2D eigenvalue weighted by molar-refractivity contribution is -0.107. The Morgan fingerprint density at radius 1 is 1.20 bits per heavy atom. The molecule has 2 aliphatic rings. The zero-order valence-electron chi connectivity index (χ0n) is 14.1. The van der Waals surface area contributed by atoms with Crippen molar-refractivity contribution in [2.24, 2.45) is 17.1 Å². The average Bonchev–Trinajstić information content (AvgIpc) is 2.40. The summed E-state index contributed by atoms with van der Waals surface area (Å²) in [5, 5.41) is 0. The molecule has 118 valence electrons. The van der Waals surface area contributed by atoms with Gasteiger partial charge in [-0.15, -0.1) is 0 Å². The van der Waals surface area contributed by atoms with E-state index in [-0.39, 0.29) is 5.54 Å². The van der Waals surface area contributed by atoms with Gasteiger partial charge in [-0.05, 0) is 50.9 Å². The first-order valence-electron chi connectivity index (χ1n) is 8.37. The number of morpholine rings is 1. The van der Waals surface area contributed by atoms with E-state index in [9.17, 15) is 0 Å². The molecule has 0 radical (unpaired) electrons. The first-order chi connectivity index (χ1) is 9.28. The molecule has 2 rings (SSSR count). The van der Waals surface area contributed by atoms with Gasteiger partial charge in [0.05, 0.1) is 12.7 Å². The van der Waals surface area contributed by atoms with Crippen LogP contribution in [0.3, 0.4) is 0 Å². The van der Waals surface area contributed by atoms with Crippen LogP contribution < -0.4 is 5.73 Å². The molecular formula is C17H34N2O. The van der Waals surface area contributed by atoms with Crippen molar-refractivity contribution in [1.82, 2.24) is 4.90 Å². The van der Waals surface area contributed by atoms with Gasteiger partial charge in [-0.3, -0.25) is 4.90 Å². The van der Waals surface area contributed by atoms with Crippen LogP contribution in [0.25, 0.3) is 0 Å². The van der Waals surface area contributed by atoms with E-state index >= 15 is 0 Å². The molecule has 1 aliphatic carbocycles. The van der Waals surface area contributed by atoms with Gasteiger partial charge >= 0.3 is 0 Å². The minimum atomic E-state index is 0.221. The fourth-order valence-electron chi connectivity index (χ4n) is 4.19. The maximum absolute atomic E-state index is 6.25. The summed E-state index contributed by atoms with van der Waals surface area (Å²) in [5.74, 6) is 0.843. The zero-order chi connectivity index (χ0) is 15.0. The van der Waals surface area contributed by atoms with Crippen LogP contribution in [0.4, 0.5) is 0 Å². The predicted octanol–water partition coefficient (Wildman–Crippen LogP) is 3.03. The molecule has 0 amide bonds. The summed E-state index contributed by atoms with van der Waals surface area (Å²) in [6, 6.07) is 0.501. The molecule has 0 aromatic rings. The van der Waals surface area contributed by atoms with Gasteiger partial charge in [-0.1, -0.05) is 20.8 Å². The second-order valence-corrected chi connectivity index (χ2v) is 8.21. The van der Waals surface area contributed by atoms with Crippen molar-refractivity contribution in [3.8, 4) is 0 Å². The Morgan fingerprint density at radius 3 is 2.30 bits per heavy atom. The number of rotatable bonds is 2. The second kappa shape index (κ2) is 5.94. The Kier molecular flexibility index (Phi) is 4.83. The lowest BCUT2D eigenvalue weighted by atomic mass is 9.66. The molecule has 3 nitrogen and oxygen atoms in total. The molecule has 2 N–H and O–H groups in total. The normalized spacial score (nSPS) is 40.8. The Hall–Kier alpha value is -0.120. The average molecular weight is 282 g/mol. The molecule has 1 saturated heterocycles. The van der Waals surface area contributed by atoms with Gasteiger partial charge < -0.3 is 10.5 Å². The van der Waals surface area contributed by atoms with Crippen LogP contribution in [0.15, 0.2) is 0 Å². The first kappa shape index (κ1) is 16.3. The van der Waals surface area contributed by atoms with Crippen molar-refractivity contribution in [1.29, 1.82) is 0 Å². The molecule has 1 heterocycles. The molecule has 1 saturated carbocycles. The van der Waals surface area contributed by atoms with Crippen LogP contribution in [-0.2, 0) is 4.74 Å². The minimum Gasteiger partial charge on any atom is -0.376 e. The van der Waals surface area contributed by atoms with Crippen molar-refractivity contribution >= 4 is 0 Å². The van der Waals surface area contributed by atoms with Crippen LogP contribution in [-0.4, -0.2) is 42.3 Å². The standard InChI is InChI=1S/C17H34N2O/c1-13-11-20-14(2)10-19(13)17(12-18)8-6-15(7-9-17)16(3,4)5/h13-15H,6-12,18H2,1-5H3. The second-order valence-electron chi connectivity index (χ2n) is 8.21. The van der Waals surface area contributed by atoms with E-state index in [2.05, 4.69) is 39.5 Å². The molecule has 2 unspecified atom stereocenters. The van der Waals surface area contributed by atoms with Gasteiger partial charge in [0, 0.05) is 24.7 Å². The van der Waals surface area contributed by atoms with E-state index in [4.69, 9.17) is 10.5 Å². The van der Waals surface area contributed by atoms with Crippen LogP contribution in [0, 0.1) is 11.3 Å². The predicted molar refractivity (Wildman–Crippen MR) is 84.8 cm³/mol. The van der Waals surface area contributed by atoms with Crippen molar-refractivity contribution in [2.75, 3.05) is 19.7 Å². The third-order valence-corrected chi connectivity index (χ3v) is 5.74. The summed E-state index contributed by atoms with van der Waals surface area (Å²) < 4.78 is 5.79. The Balaban J connectivity index is 2.08. The smallest absolute Gasteiger partial charge is 0.0675 e. The molecule has 20 heavy (non-hydrogen) atoms. The lowest BCUT2D eigenvalue weighted by Gasteiger charge is -2.54. The van der Waals surface area contributed by atoms with Gasteiger partial charge in [0.25, 0.3) is 0 Å². The molecule has 0 aromatic heterocycles. The Bertz CT molecular complexity index is 315. The Labute approximate surface area is 125 Å². The maximum atomic E-state index is 6.25. The monoisotopic (exact) mass is 282 g/mol. The van der Waals surface area contributed by atoms with Gasteiger partial charge in [-0.2, -0.15) is 0 Å². The van der Waals surface area contributed by atoms with E-state index in [1.807, 2.05) is 0 Å². The van der Waals surface area contributed by atoms with Gasteiger partial charge in [0.1, 0.15) is 0 Å². The highest BCUT2D eigenvalue weighted by Crippen LogP contribution is 2.44. The number of ether oxygens (including phenoxy) is 1. The number of hydrogen-bond donors (Lipinski definition) is 1. The summed E-state index contributed by atoms with van der Waals surface area (Å²) in [5.41, 5.74) is 6.91. The quantitative estimate of drug-likeness (QED) is 0.846. The highest BCUT2D eigenvalue weighted by Gasteiger charge is 2.44. The fraction of sp³-hybridized carbons (Fsp3) is 1.00. The van der Waals surface area contributed by atoms with Crippen LogP contribution in [0.1, 0.15) is 60.3 Å². The van der Waals surface area contributed by atoms with E-state index < -0.39 is 0 Å². The molecule has 3 heteroatoms. The van der Waals surface area contributed by atoms with Gasteiger partial charge in [-0.25, -0.2) is 0 Å². The van der Waals surface area contributed by atoms with E-state index in [0.29, 0.717) is 17.6 Å². The third kappa shape index (κ3) is 3.20. The molecule has 2 atom stereocenters. The molecule has 0 spiro atoms. The molecule has 2 fully saturated rings. The lowest BCUT2D eigenvalue weighted by Crippen LogP contribution is -2.63.